The maximum absolute atomic E-state index is 13.2. The molecule has 248 valence electrons. The molecule has 0 radical (unpaired) electrons. The molecule has 0 spiro atoms. The number of rotatable bonds is 22. The topological polar surface area (TPSA) is 153 Å². The number of carboxylic acids is 1. The minimum atomic E-state index is -0.912. The van der Waals surface area contributed by atoms with Crippen LogP contribution in [0, 0.1) is 11.8 Å². The lowest BCUT2D eigenvalue weighted by Crippen LogP contribution is -2.35. The van der Waals surface area contributed by atoms with Crippen molar-refractivity contribution in [3.8, 4) is 11.8 Å². The molecule has 0 atom stereocenters. The molecular weight excluding hydrogens is 594 g/mol. The van der Waals surface area contributed by atoms with E-state index in [1.165, 1.54) is 0 Å². The zero-order valence-corrected chi connectivity index (χ0v) is 26.1. The van der Waals surface area contributed by atoms with E-state index < -0.39 is 5.97 Å². The number of fused-ring (bicyclic) bond motifs is 2. The molecule has 0 aliphatic carbocycles. The van der Waals surface area contributed by atoms with Crippen LogP contribution in [0.1, 0.15) is 48.8 Å². The zero-order chi connectivity index (χ0) is 32.8. The number of aliphatic carboxylic acids is 1. The van der Waals surface area contributed by atoms with Crippen molar-refractivity contribution in [2.24, 2.45) is 0 Å². The van der Waals surface area contributed by atoms with Crippen molar-refractivity contribution in [2.75, 3.05) is 70.8 Å². The van der Waals surface area contributed by atoms with Crippen molar-refractivity contribution in [3.63, 3.8) is 0 Å². The first-order chi connectivity index (χ1) is 22.4. The summed E-state index contributed by atoms with van der Waals surface area (Å²) in [7, 11) is 0. The first-order valence-electron chi connectivity index (χ1n) is 15.5. The van der Waals surface area contributed by atoms with Crippen molar-refractivity contribution >= 4 is 29.4 Å². The summed E-state index contributed by atoms with van der Waals surface area (Å²) in [6.07, 6.45) is 0.819. The van der Waals surface area contributed by atoms with Gasteiger partial charge >= 0.3 is 5.97 Å². The third kappa shape index (κ3) is 14.2. The number of anilines is 1. The number of carboxylic acid groups (broad SMARTS) is 1. The Hall–Kier alpha value is -4.28. The van der Waals surface area contributed by atoms with Gasteiger partial charge in [0.05, 0.1) is 65.1 Å². The number of carbonyl (C=O) groups excluding carboxylic acids is 3. The molecule has 46 heavy (non-hydrogen) atoms. The van der Waals surface area contributed by atoms with Crippen molar-refractivity contribution in [1.29, 1.82) is 0 Å². The Morgan fingerprint density at radius 3 is 1.93 bits per heavy atom. The predicted molar refractivity (Wildman–Crippen MR) is 170 cm³/mol. The molecule has 12 heteroatoms. The van der Waals surface area contributed by atoms with Gasteiger partial charge in [0.1, 0.15) is 0 Å². The van der Waals surface area contributed by atoms with E-state index in [2.05, 4.69) is 22.5 Å². The van der Waals surface area contributed by atoms with E-state index in [9.17, 15) is 19.2 Å². The SMILES string of the molecule is O=C(O)CCCC(=O)NCCOCCOCCOCCOCCC(=O)NCCC(=O)N1Cc2ccccc2C#Cc2ccccc21. The van der Waals surface area contributed by atoms with E-state index in [1.807, 2.05) is 48.5 Å². The van der Waals surface area contributed by atoms with Gasteiger partial charge in [-0.05, 0) is 30.2 Å². The molecule has 1 aliphatic rings. The van der Waals surface area contributed by atoms with Gasteiger partial charge in [0.2, 0.25) is 17.7 Å². The Bertz CT molecular complexity index is 1340. The van der Waals surface area contributed by atoms with Gasteiger partial charge in [0.15, 0.2) is 0 Å². The van der Waals surface area contributed by atoms with Gasteiger partial charge in [-0.25, -0.2) is 0 Å². The average Bonchev–Trinajstić information content (AvgIpc) is 3.03. The maximum atomic E-state index is 13.2. The molecule has 1 aliphatic heterocycles. The largest absolute Gasteiger partial charge is 0.481 e. The molecule has 3 rings (SSSR count). The Balaban J connectivity index is 1.15. The highest BCUT2D eigenvalue weighted by Gasteiger charge is 2.21. The molecule has 2 aromatic carbocycles. The fourth-order valence-corrected chi connectivity index (χ4v) is 4.42. The summed E-state index contributed by atoms with van der Waals surface area (Å²) in [5, 5.41) is 14.0. The minimum Gasteiger partial charge on any atom is -0.481 e. The van der Waals surface area contributed by atoms with Crippen LogP contribution in [-0.2, 0) is 44.7 Å². The van der Waals surface area contributed by atoms with E-state index >= 15 is 0 Å². The normalized spacial score (nSPS) is 11.7. The van der Waals surface area contributed by atoms with Gasteiger partial charge in [-0.2, -0.15) is 0 Å². The van der Waals surface area contributed by atoms with Crippen LogP contribution in [0.3, 0.4) is 0 Å². The van der Waals surface area contributed by atoms with E-state index in [4.69, 9.17) is 24.1 Å². The van der Waals surface area contributed by atoms with Crippen LogP contribution in [0.5, 0.6) is 0 Å². The maximum Gasteiger partial charge on any atom is 0.303 e. The molecule has 0 bridgehead atoms. The highest BCUT2D eigenvalue weighted by Crippen LogP contribution is 2.25. The summed E-state index contributed by atoms with van der Waals surface area (Å²) >= 11 is 0. The Labute approximate surface area is 269 Å². The first-order valence-corrected chi connectivity index (χ1v) is 15.5. The van der Waals surface area contributed by atoms with Gasteiger partial charge in [0, 0.05) is 49.9 Å². The molecule has 3 amide bonds. The van der Waals surface area contributed by atoms with Crippen LogP contribution in [0.2, 0.25) is 0 Å². The molecule has 2 aromatic rings. The van der Waals surface area contributed by atoms with Crippen molar-refractivity contribution in [3.05, 3.63) is 65.2 Å². The second kappa shape index (κ2) is 21.5. The van der Waals surface area contributed by atoms with Crippen LogP contribution < -0.4 is 15.5 Å². The summed E-state index contributed by atoms with van der Waals surface area (Å²) in [6.45, 7) is 3.85. The summed E-state index contributed by atoms with van der Waals surface area (Å²) in [6, 6.07) is 15.4. The van der Waals surface area contributed by atoms with E-state index in [-0.39, 0.29) is 56.6 Å². The van der Waals surface area contributed by atoms with Gasteiger partial charge in [-0.15, -0.1) is 0 Å². The smallest absolute Gasteiger partial charge is 0.303 e. The molecule has 1 heterocycles. The number of carbonyl (C=O) groups is 4. The number of ether oxygens (including phenoxy) is 4. The van der Waals surface area contributed by atoms with Crippen molar-refractivity contribution in [1.82, 2.24) is 10.6 Å². The minimum absolute atomic E-state index is 0.0215. The Morgan fingerprint density at radius 1 is 0.652 bits per heavy atom. The van der Waals surface area contributed by atoms with E-state index in [0.717, 1.165) is 22.4 Å². The molecular formula is C34H43N3O9. The highest BCUT2D eigenvalue weighted by molar-refractivity contribution is 5.95. The number of para-hydroxylation sites is 1. The average molecular weight is 638 g/mol. The lowest BCUT2D eigenvalue weighted by Gasteiger charge is -2.26. The summed E-state index contributed by atoms with van der Waals surface area (Å²) in [4.78, 5) is 49.1. The Morgan fingerprint density at radius 2 is 1.22 bits per heavy atom. The lowest BCUT2D eigenvalue weighted by molar-refractivity contribution is -0.137. The van der Waals surface area contributed by atoms with Crippen LogP contribution in [0.4, 0.5) is 5.69 Å². The third-order valence-corrected chi connectivity index (χ3v) is 6.79. The van der Waals surface area contributed by atoms with Crippen molar-refractivity contribution in [2.45, 2.75) is 38.6 Å². The predicted octanol–water partition coefficient (Wildman–Crippen LogP) is 2.27. The van der Waals surface area contributed by atoms with Crippen LogP contribution >= 0.6 is 0 Å². The van der Waals surface area contributed by atoms with Gasteiger partial charge in [-0.3, -0.25) is 19.2 Å². The van der Waals surface area contributed by atoms with Gasteiger partial charge < -0.3 is 39.6 Å². The lowest BCUT2D eigenvalue weighted by atomic mass is 10.0. The van der Waals surface area contributed by atoms with Crippen LogP contribution in [-0.4, -0.2) is 94.7 Å². The standard InChI is InChI=1S/C34H43N3O9/c38-31(10-5-11-34(41)42)36-17-19-44-21-23-46-25-24-45-22-20-43-18-15-32(39)35-16-14-33(40)37-26-29-8-2-1-6-27(29)12-13-28-7-3-4-9-30(28)37/h1-4,6-9H,5,10-11,14-26H2,(H,35,39)(H,36,38)(H,41,42). The number of benzene rings is 2. The third-order valence-electron chi connectivity index (χ3n) is 6.79. The number of hydrogen-bond acceptors (Lipinski definition) is 8. The summed E-state index contributed by atoms with van der Waals surface area (Å²) in [5.74, 6) is 5.00. The Kier molecular flexibility index (Phi) is 16.9. The van der Waals surface area contributed by atoms with Crippen LogP contribution in [0.25, 0.3) is 0 Å². The second-order valence-corrected chi connectivity index (χ2v) is 10.3. The monoisotopic (exact) mass is 637 g/mol. The van der Waals surface area contributed by atoms with Crippen molar-refractivity contribution < 1.29 is 43.2 Å². The fraction of sp³-hybridized carbons (Fsp3) is 0.471. The van der Waals surface area contributed by atoms with E-state index in [0.29, 0.717) is 65.8 Å². The van der Waals surface area contributed by atoms with Gasteiger partial charge in [0.25, 0.3) is 0 Å². The number of nitrogens with one attached hydrogen (secondary N) is 2. The molecule has 0 fully saturated rings. The number of nitrogens with zero attached hydrogens (tertiary/aromatic N) is 1. The van der Waals surface area contributed by atoms with Gasteiger partial charge in [-0.1, -0.05) is 42.2 Å². The molecule has 0 saturated carbocycles. The molecule has 3 N–H and O–H groups in total. The number of amides is 3. The fourth-order valence-electron chi connectivity index (χ4n) is 4.42. The highest BCUT2D eigenvalue weighted by atomic mass is 16.6. The summed E-state index contributed by atoms with van der Waals surface area (Å²) < 4.78 is 21.7. The first kappa shape index (κ1) is 36.2. The van der Waals surface area contributed by atoms with Crippen LogP contribution in [0.15, 0.2) is 48.5 Å². The summed E-state index contributed by atoms with van der Waals surface area (Å²) in [5.41, 5.74) is 3.43. The molecule has 12 nitrogen and oxygen atoms in total. The zero-order valence-electron chi connectivity index (χ0n) is 26.1. The molecule has 0 unspecified atom stereocenters. The molecule has 0 aromatic heterocycles. The number of hydrogen-bond donors (Lipinski definition) is 3. The van der Waals surface area contributed by atoms with E-state index in [1.54, 1.807) is 4.90 Å². The molecule has 0 saturated heterocycles. The quantitative estimate of drug-likeness (QED) is 0.130. The second-order valence-electron chi connectivity index (χ2n) is 10.3.